The van der Waals surface area contributed by atoms with Crippen molar-refractivity contribution in [3.05, 3.63) is 90.4 Å². The van der Waals surface area contributed by atoms with Gasteiger partial charge in [0, 0.05) is 29.2 Å². The van der Waals surface area contributed by atoms with Crippen molar-refractivity contribution in [3.8, 4) is 0 Å². The number of benzene rings is 2. The summed E-state index contributed by atoms with van der Waals surface area (Å²) < 4.78 is 0. The highest BCUT2D eigenvalue weighted by Gasteiger charge is 2.11. The van der Waals surface area contributed by atoms with Crippen LogP contribution in [0.1, 0.15) is 16.1 Å². The van der Waals surface area contributed by atoms with Crippen molar-refractivity contribution < 1.29 is 4.79 Å². The Hall–Kier alpha value is -3.73. The average Bonchev–Trinajstić information content (AvgIpc) is 2.70. The molecule has 5 heteroatoms. The second-order valence-corrected chi connectivity index (χ2v) is 6.26. The van der Waals surface area contributed by atoms with Gasteiger partial charge in [0.25, 0.3) is 5.91 Å². The fourth-order valence-electron chi connectivity index (χ4n) is 2.83. The largest absolute Gasteiger partial charge is 0.355 e. The van der Waals surface area contributed by atoms with Crippen LogP contribution in [0.4, 0.5) is 17.1 Å². The highest BCUT2D eigenvalue weighted by molar-refractivity contribution is 6.07. The molecule has 0 saturated carbocycles. The van der Waals surface area contributed by atoms with Crippen LogP contribution in [0.3, 0.4) is 0 Å². The molecule has 0 fully saturated rings. The molecule has 0 aliphatic heterocycles. The molecule has 4 rings (SSSR count). The van der Waals surface area contributed by atoms with Gasteiger partial charge in [-0.15, -0.1) is 0 Å². The molecule has 0 aliphatic carbocycles. The normalized spacial score (nSPS) is 10.6. The Kier molecular flexibility index (Phi) is 4.49. The predicted octanol–water partition coefficient (Wildman–Crippen LogP) is 4.93. The zero-order valence-corrected chi connectivity index (χ0v) is 14.8. The predicted molar refractivity (Wildman–Crippen MR) is 108 cm³/mol. The molecular weight excluding hydrogens is 336 g/mol. The van der Waals surface area contributed by atoms with E-state index in [1.54, 1.807) is 18.5 Å². The van der Waals surface area contributed by atoms with Crippen molar-refractivity contribution in [2.75, 3.05) is 10.6 Å². The summed E-state index contributed by atoms with van der Waals surface area (Å²) in [5, 5.41) is 7.17. The zero-order valence-electron chi connectivity index (χ0n) is 14.8. The Morgan fingerprint density at radius 1 is 0.852 bits per heavy atom. The summed E-state index contributed by atoms with van der Waals surface area (Å²) in [6.45, 7) is 2.04. The maximum atomic E-state index is 12.7. The third kappa shape index (κ3) is 3.77. The summed E-state index contributed by atoms with van der Waals surface area (Å²) >= 11 is 0. The maximum absolute atomic E-state index is 12.7. The lowest BCUT2D eigenvalue weighted by Crippen LogP contribution is -2.14. The quantitative estimate of drug-likeness (QED) is 0.545. The number of carbonyl (C=O) groups is 1. The zero-order chi connectivity index (χ0) is 18.6. The number of amides is 1. The fourth-order valence-corrected chi connectivity index (χ4v) is 2.83. The smallest absolute Gasteiger partial charge is 0.274 e. The van der Waals surface area contributed by atoms with E-state index in [4.69, 9.17) is 0 Å². The number of aryl methyl sites for hydroxylation is 1. The van der Waals surface area contributed by atoms with E-state index in [1.807, 2.05) is 67.6 Å². The van der Waals surface area contributed by atoms with Crippen LogP contribution in [-0.4, -0.2) is 15.9 Å². The third-order valence-corrected chi connectivity index (χ3v) is 4.21. The molecule has 27 heavy (non-hydrogen) atoms. The first-order valence-electron chi connectivity index (χ1n) is 8.64. The first-order valence-corrected chi connectivity index (χ1v) is 8.64. The van der Waals surface area contributed by atoms with E-state index < -0.39 is 0 Å². The summed E-state index contributed by atoms with van der Waals surface area (Å²) in [4.78, 5) is 21.2. The third-order valence-electron chi connectivity index (χ3n) is 4.21. The monoisotopic (exact) mass is 354 g/mol. The van der Waals surface area contributed by atoms with Crippen molar-refractivity contribution >= 4 is 33.9 Å². The Morgan fingerprint density at radius 2 is 1.67 bits per heavy atom. The number of rotatable bonds is 4. The van der Waals surface area contributed by atoms with Crippen LogP contribution in [0, 0.1) is 6.92 Å². The first-order chi connectivity index (χ1) is 13.2. The van der Waals surface area contributed by atoms with E-state index >= 15 is 0 Å². The highest BCUT2D eigenvalue weighted by Crippen LogP contribution is 2.22. The van der Waals surface area contributed by atoms with Gasteiger partial charge < -0.3 is 10.6 Å². The van der Waals surface area contributed by atoms with Gasteiger partial charge in [-0.25, -0.2) is 0 Å². The molecule has 2 N–H and O–H groups in total. The van der Waals surface area contributed by atoms with Gasteiger partial charge in [-0.05, 0) is 43.3 Å². The molecule has 0 aliphatic rings. The molecular formula is C22H18N4O. The summed E-state index contributed by atoms with van der Waals surface area (Å²) in [5.74, 6) is -0.277. The van der Waals surface area contributed by atoms with Crippen LogP contribution in [0.2, 0.25) is 0 Å². The maximum Gasteiger partial charge on any atom is 0.274 e. The van der Waals surface area contributed by atoms with E-state index in [0.29, 0.717) is 11.4 Å². The number of pyridine rings is 2. The van der Waals surface area contributed by atoms with Gasteiger partial charge in [-0.3, -0.25) is 14.8 Å². The second-order valence-electron chi connectivity index (χ2n) is 6.26. The number of fused-ring (bicyclic) bond motifs is 1. The van der Waals surface area contributed by atoms with E-state index in [-0.39, 0.29) is 5.91 Å². The fraction of sp³-hybridized carbons (Fsp3) is 0.0455. The van der Waals surface area contributed by atoms with Crippen molar-refractivity contribution in [2.24, 2.45) is 0 Å². The number of aromatic nitrogens is 2. The summed E-state index contributed by atoms with van der Waals surface area (Å²) in [5.41, 5.74) is 4.70. The Bertz CT molecular complexity index is 1100. The van der Waals surface area contributed by atoms with Crippen LogP contribution in [-0.2, 0) is 0 Å². The van der Waals surface area contributed by atoms with Gasteiger partial charge in [0.2, 0.25) is 0 Å². The molecule has 2 aromatic heterocycles. The van der Waals surface area contributed by atoms with Gasteiger partial charge in [-0.1, -0.05) is 35.9 Å². The number of hydrogen-bond donors (Lipinski definition) is 2. The van der Waals surface area contributed by atoms with Crippen LogP contribution in [0.25, 0.3) is 10.9 Å². The summed E-state index contributed by atoms with van der Waals surface area (Å²) in [6.07, 6.45) is 3.33. The van der Waals surface area contributed by atoms with Crippen LogP contribution in [0.5, 0.6) is 0 Å². The molecule has 1 amide bonds. The van der Waals surface area contributed by atoms with Crippen molar-refractivity contribution in [3.63, 3.8) is 0 Å². The molecule has 0 saturated heterocycles. The molecule has 0 spiro atoms. The molecule has 2 aromatic carbocycles. The molecule has 132 valence electrons. The van der Waals surface area contributed by atoms with Gasteiger partial charge in [0.15, 0.2) is 0 Å². The Balaban J connectivity index is 1.56. The molecule has 0 bridgehead atoms. The number of nitrogens with zero attached hydrogens (tertiary/aromatic N) is 2. The average molecular weight is 354 g/mol. The van der Waals surface area contributed by atoms with Gasteiger partial charge in [-0.2, -0.15) is 0 Å². The van der Waals surface area contributed by atoms with Gasteiger partial charge in [0.05, 0.1) is 11.2 Å². The molecule has 0 radical (unpaired) electrons. The standard InChI is InChI=1S/C22H18N4O/c1-15-7-9-17(10-8-15)25-18-11-13-23-20(14-18)22(27)26-19-6-2-4-16-5-3-12-24-21(16)19/h2-14H,1H3,(H,23,25)(H,26,27). The molecule has 0 unspecified atom stereocenters. The lowest BCUT2D eigenvalue weighted by Gasteiger charge is -2.10. The van der Waals surface area contributed by atoms with Crippen LogP contribution < -0.4 is 10.6 Å². The van der Waals surface area contributed by atoms with Crippen LogP contribution in [0.15, 0.2) is 79.1 Å². The molecule has 2 heterocycles. The molecule has 0 atom stereocenters. The minimum Gasteiger partial charge on any atom is -0.355 e. The minimum absolute atomic E-state index is 0.277. The number of para-hydroxylation sites is 1. The highest BCUT2D eigenvalue weighted by atomic mass is 16.1. The summed E-state index contributed by atoms with van der Waals surface area (Å²) in [6, 6.07) is 21.1. The Labute approximate surface area is 157 Å². The lowest BCUT2D eigenvalue weighted by molar-refractivity contribution is 0.102. The topological polar surface area (TPSA) is 66.9 Å². The molecule has 4 aromatic rings. The van der Waals surface area contributed by atoms with E-state index in [0.717, 1.165) is 22.3 Å². The SMILES string of the molecule is Cc1ccc(Nc2ccnc(C(=O)Nc3cccc4cccnc34)c2)cc1. The van der Waals surface area contributed by atoms with Gasteiger partial charge in [0.1, 0.15) is 5.69 Å². The van der Waals surface area contributed by atoms with E-state index in [2.05, 4.69) is 20.6 Å². The van der Waals surface area contributed by atoms with Gasteiger partial charge >= 0.3 is 0 Å². The lowest BCUT2D eigenvalue weighted by atomic mass is 10.2. The van der Waals surface area contributed by atoms with Crippen molar-refractivity contribution in [1.82, 2.24) is 9.97 Å². The number of anilines is 3. The summed E-state index contributed by atoms with van der Waals surface area (Å²) in [7, 11) is 0. The molecule has 5 nitrogen and oxygen atoms in total. The number of hydrogen-bond acceptors (Lipinski definition) is 4. The second kappa shape index (κ2) is 7.25. The first kappa shape index (κ1) is 16.7. The Morgan fingerprint density at radius 3 is 2.52 bits per heavy atom. The van der Waals surface area contributed by atoms with Crippen LogP contribution >= 0.6 is 0 Å². The van der Waals surface area contributed by atoms with Crippen molar-refractivity contribution in [2.45, 2.75) is 6.92 Å². The van der Waals surface area contributed by atoms with E-state index in [9.17, 15) is 4.79 Å². The number of carbonyl (C=O) groups excluding carboxylic acids is 1. The van der Waals surface area contributed by atoms with Crippen molar-refractivity contribution in [1.29, 1.82) is 0 Å². The minimum atomic E-state index is -0.277. The van der Waals surface area contributed by atoms with E-state index in [1.165, 1.54) is 5.56 Å². The number of nitrogens with one attached hydrogen (secondary N) is 2.